The van der Waals surface area contributed by atoms with Crippen molar-refractivity contribution in [1.82, 2.24) is 14.3 Å². The summed E-state index contributed by atoms with van der Waals surface area (Å²) in [4.78, 5) is 19.0. The van der Waals surface area contributed by atoms with E-state index in [9.17, 15) is 9.90 Å². The Morgan fingerprint density at radius 3 is 2.86 bits per heavy atom. The van der Waals surface area contributed by atoms with Gasteiger partial charge in [0.1, 0.15) is 5.82 Å². The number of rotatable bonds is 5. The number of pyridine rings is 1. The number of aliphatic hydroxyl groups is 1. The standard InChI is InChI=1S/C17H21N3O2/c1-19(10-14(21)11-5-6-11)17(22)15-13-4-2-3-9-20(13)16(18-15)12-7-8-12/h2-4,9,11-12,14,21H,5-8,10H2,1H3. The lowest BCUT2D eigenvalue weighted by molar-refractivity contribution is 0.0642. The predicted octanol–water partition coefficient (Wildman–Crippen LogP) is 2.05. The van der Waals surface area contributed by atoms with Crippen LogP contribution < -0.4 is 0 Å². The van der Waals surface area contributed by atoms with E-state index in [4.69, 9.17) is 0 Å². The Labute approximate surface area is 129 Å². The molecule has 0 spiro atoms. The lowest BCUT2D eigenvalue weighted by Crippen LogP contribution is -2.35. The van der Waals surface area contributed by atoms with E-state index in [-0.39, 0.29) is 5.91 Å². The summed E-state index contributed by atoms with van der Waals surface area (Å²) < 4.78 is 2.04. The number of carbonyl (C=O) groups excluding carboxylic acids is 1. The summed E-state index contributed by atoms with van der Waals surface area (Å²) in [7, 11) is 1.75. The molecule has 5 heteroatoms. The fourth-order valence-electron chi connectivity index (χ4n) is 3.02. The molecule has 0 bridgehead atoms. The van der Waals surface area contributed by atoms with Crippen molar-refractivity contribution in [2.45, 2.75) is 37.7 Å². The number of fused-ring (bicyclic) bond motifs is 1. The summed E-state index contributed by atoms with van der Waals surface area (Å²) in [5.41, 5.74) is 1.37. The average Bonchev–Trinajstić information content (AvgIpc) is 3.42. The van der Waals surface area contributed by atoms with Crippen molar-refractivity contribution < 1.29 is 9.90 Å². The van der Waals surface area contributed by atoms with Gasteiger partial charge < -0.3 is 14.4 Å². The Bertz CT molecular complexity index is 716. The molecular weight excluding hydrogens is 278 g/mol. The van der Waals surface area contributed by atoms with Crippen LogP contribution in [0.15, 0.2) is 24.4 Å². The van der Waals surface area contributed by atoms with Gasteiger partial charge >= 0.3 is 0 Å². The van der Waals surface area contributed by atoms with Gasteiger partial charge in [-0.2, -0.15) is 0 Å². The van der Waals surface area contributed by atoms with Gasteiger partial charge in [-0.3, -0.25) is 4.79 Å². The maximum Gasteiger partial charge on any atom is 0.274 e. The zero-order chi connectivity index (χ0) is 15.3. The number of hydrogen-bond acceptors (Lipinski definition) is 3. The van der Waals surface area contributed by atoms with Crippen LogP contribution >= 0.6 is 0 Å². The van der Waals surface area contributed by atoms with Crippen molar-refractivity contribution in [2.75, 3.05) is 13.6 Å². The van der Waals surface area contributed by atoms with Crippen molar-refractivity contribution in [3.63, 3.8) is 0 Å². The number of likely N-dealkylation sites (N-methyl/N-ethyl adjacent to an activating group) is 1. The number of nitrogens with zero attached hydrogens (tertiary/aromatic N) is 3. The van der Waals surface area contributed by atoms with Crippen molar-refractivity contribution in [3.8, 4) is 0 Å². The highest BCUT2D eigenvalue weighted by Crippen LogP contribution is 2.40. The van der Waals surface area contributed by atoms with Crippen LogP contribution in [0.25, 0.3) is 5.52 Å². The van der Waals surface area contributed by atoms with Gasteiger partial charge in [0, 0.05) is 25.7 Å². The van der Waals surface area contributed by atoms with Crippen molar-refractivity contribution in [1.29, 1.82) is 0 Å². The maximum absolute atomic E-state index is 12.7. The molecule has 1 N–H and O–H groups in total. The average molecular weight is 299 g/mol. The fraction of sp³-hybridized carbons (Fsp3) is 0.529. The summed E-state index contributed by atoms with van der Waals surface area (Å²) in [5, 5.41) is 10.1. The molecule has 2 saturated carbocycles. The fourth-order valence-corrected chi connectivity index (χ4v) is 3.02. The van der Waals surface area contributed by atoms with Crippen LogP contribution in [-0.4, -0.2) is 45.0 Å². The van der Waals surface area contributed by atoms with Gasteiger partial charge in [0.2, 0.25) is 0 Å². The van der Waals surface area contributed by atoms with Crippen LogP contribution in [0.3, 0.4) is 0 Å². The molecule has 1 amide bonds. The van der Waals surface area contributed by atoms with Gasteiger partial charge in [-0.05, 0) is 43.7 Å². The topological polar surface area (TPSA) is 57.8 Å². The van der Waals surface area contributed by atoms with Crippen LogP contribution in [0.5, 0.6) is 0 Å². The molecule has 4 rings (SSSR count). The summed E-state index contributed by atoms with van der Waals surface area (Å²) in [6, 6.07) is 5.84. The van der Waals surface area contributed by atoms with Gasteiger partial charge in [-0.25, -0.2) is 4.98 Å². The second-order valence-electron chi connectivity index (χ2n) is 6.64. The number of amides is 1. The Balaban J connectivity index is 1.63. The molecule has 2 aromatic rings. The minimum atomic E-state index is -0.411. The van der Waals surface area contributed by atoms with Gasteiger partial charge in [-0.15, -0.1) is 0 Å². The third-order valence-corrected chi connectivity index (χ3v) is 4.69. The minimum Gasteiger partial charge on any atom is -0.391 e. The van der Waals surface area contributed by atoms with Crippen molar-refractivity contribution in [2.24, 2.45) is 5.92 Å². The number of hydrogen-bond donors (Lipinski definition) is 1. The van der Waals surface area contributed by atoms with E-state index in [0.29, 0.717) is 24.1 Å². The maximum atomic E-state index is 12.7. The Morgan fingerprint density at radius 2 is 2.18 bits per heavy atom. The van der Waals surface area contributed by atoms with E-state index in [2.05, 4.69) is 4.98 Å². The second kappa shape index (κ2) is 5.09. The van der Waals surface area contributed by atoms with Gasteiger partial charge in [0.25, 0.3) is 5.91 Å². The Kier molecular flexibility index (Phi) is 3.18. The van der Waals surface area contributed by atoms with E-state index < -0.39 is 6.10 Å². The van der Waals surface area contributed by atoms with E-state index in [1.54, 1.807) is 11.9 Å². The minimum absolute atomic E-state index is 0.102. The molecule has 0 radical (unpaired) electrons. The van der Waals surface area contributed by atoms with Crippen molar-refractivity contribution in [3.05, 3.63) is 35.9 Å². The Hall–Kier alpha value is -1.88. The van der Waals surface area contributed by atoms with Crippen LogP contribution in [0.2, 0.25) is 0 Å². The molecule has 2 aromatic heterocycles. The highest BCUT2D eigenvalue weighted by atomic mass is 16.3. The molecule has 0 aromatic carbocycles. The van der Waals surface area contributed by atoms with Crippen LogP contribution in [0.4, 0.5) is 0 Å². The van der Waals surface area contributed by atoms with E-state index >= 15 is 0 Å². The van der Waals surface area contributed by atoms with Crippen molar-refractivity contribution >= 4 is 11.4 Å². The van der Waals surface area contributed by atoms with Crippen LogP contribution in [0, 0.1) is 5.92 Å². The molecule has 2 aliphatic carbocycles. The summed E-state index contributed by atoms with van der Waals surface area (Å²) in [6.07, 6.45) is 6.01. The molecule has 2 heterocycles. The first-order valence-electron chi connectivity index (χ1n) is 8.05. The lowest BCUT2D eigenvalue weighted by Gasteiger charge is -2.19. The summed E-state index contributed by atoms with van der Waals surface area (Å²) in [5.74, 6) is 1.75. The molecular formula is C17H21N3O2. The predicted molar refractivity (Wildman–Crippen MR) is 82.9 cm³/mol. The van der Waals surface area contributed by atoms with Gasteiger partial charge in [-0.1, -0.05) is 6.07 Å². The third-order valence-electron chi connectivity index (χ3n) is 4.69. The first-order chi connectivity index (χ1) is 10.6. The quantitative estimate of drug-likeness (QED) is 0.919. The molecule has 1 atom stereocenters. The van der Waals surface area contributed by atoms with Crippen LogP contribution in [0.1, 0.15) is 47.9 Å². The summed E-state index contributed by atoms with van der Waals surface area (Å²) in [6.45, 7) is 0.383. The number of aromatic nitrogens is 2. The Morgan fingerprint density at radius 1 is 1.41 bits per heavy atom. The molecule has 116 valence electrons. The number of aliphatic hydroxyl groups excluding tert-OH is 1. The molecule has 5 nitrogen and oxygen atoms in total. The number of imidazole rings is 1. The smallest absolute Gasteiger partial charge is 0.274 e. The van der Waals surface area contributed by atoms with Crippen LogP contribution in [-0.2, 0) is 0 Å². The molecule has 0 saturated heterocycles. The highest BCUT2D eigenvalue weighted by Gasteiger charge is 2.33. The van der Waals surface area contributed by atoms with Gasteiger partial charge in [0.15, 0.2) is 5.69 Å². The normalized spacial score (nSPS) is 19.4. The first kappa shape index (κ1) is 13.8. The monoisotopic (exact) mass is 299 g/mol. The zero-order valence-corrected chi connectivity index (χ0v) is 12.8. The van der Waals surface area contributed by atoms with Gasteiger partial charge in [0.05, 0.1) is 11.6 Å². The van der Waals surface area contributed by atoms with E-state index in [0.717, 1.165) is 37.0 Å². The third kappa shape index (κ3) is 2.39. The lowest BCUT2D eigenvalue weighted by atomic mass is 10.2. The molecule has 2 aliphatic rings. The largest absolute Gasteiger partial charge is 0.391 e. The molecule has 22 heavy (non-hydrogen) atoms. The SMILES string of the molecule is CN(CC(O)C1CC1)C(=O)c1nc(C2CC2)n2ccccc12. The second-order valence-corrected chi connectivity index (χ2v) is 6.64. The zero-order valence-electron chi connectivity index (χ0n) is 12.8. The molecule has 0 aliphatic heterocycles. The molecule has 1 unspecified atom stereocenters. The number of carbonyl (C=O) groups is 1. The first-order valence-corrected chi connectivity index (χ1v) is 8.05. The highest BCUT2D eigenvalue weighted by molar-refractivity contribution is 5.99. The van der Waals surface area contributed by atoms with E-state index in [1.807, 2.05) is 28.8 Å². The molecule has 2 fully saturated rings. The van der Waals surface area contributed by atoms with E-state index in [1.165, 1.54) is 0 Å². The summed E-state index contributed by atoms with van der Waals surface area (Å²) >= 11 is 0.